The number of sulfonamides is 1. The van der Waals surface area contributed by atoms with E-state index in [1.807, 2.05) is 0 Å². The lowest BCUT2D eigenvalue weighted by atomic mass is 10.1. The van der Waals surface area contributed by atoms with E-state index in [2.05, 4.69) is 10.3 Å². The smallest absolute Gasteiger partial charge is 0.337 e. The summed E-state index contributed by atoms with van der Waals surface area (Å²) in [5.41, 5.74) is 2.90. The zero-order chi connectivity index (χ0) is 29.6. The molecule has 0 radical (unpaired) electrons. The zero-order valence-corrected chi connectivity index (χ0v) is 23.7. The molecule has 0 bridgehead atoms. The van der Waals surface area contributed by atoms with E-state index in [0.29, 0.717) is 35.1 Å². The summed E-state index contributed by atoms with van der Waals surface area (Å²) in [7, 11) is -2.52. The standard InChI is InChI=1S/C28H28N4O7S2/c1-39-27(36)20-6-10-22(11-7-20)32-25(34)16-24(26(32)35)40-28(31-21-8-2-19(17-33)3-9-21)30-15-14-18-4-12-23(13-5-18)41(29,37)38/h2-13,24,33H,14-17H2,1H3,(H,30,31)(H2,29,37,38). The minimum atomic E-state index is -3.79. The molecule has 41 heavy (non-hydrogen) atoms. The van der Waals surface area contributed by atoms with Crippen LogP contribution in [-0.4, -0.2) is 55.4 Å². The molecule has 11 nitrogen and oxygen atoms in total. The van der Waals surface area contributed by atoms with Gasteiger partial charge >= 0.3 is 5.97 Å². The lowest BCUT2D eigenvalue weighted by Crippen LogP contribution is -2.31. The summed E-state index contributed by atoms with van der Waals surface area (Å²) in [5.74, 6) is -1.31. The summed E-state index contributed by atoms with van der Waals surface area (Å²) in [6, 6.07) is 19.2. The summed E-state index contributed by atoms with van der Waals surface area (Å²) < 4.78 is 27.7. The van der Waals surface area contributed by atoms with Crippen LogP contribution in [0.2, 0.25) is 0 Å². The van der Waals surface area contributed by atoms with E-state index in [-0.39, 0.29) is 23.8 Å². The lowest BCUT2D eigenvalue weighted by Gasteiger charge is -2.16. The molecule has 2 amide bonds. The van der Waals surface area contributed by atoms with Gasteiger partial charge in [0.1, 0.15) is 5.25 Å². The van der Waals surface area contributed by atoms with E-state index in [1.54, 1.807) is 36.4 Å². The number of carbonyl (C=O) groups is 3. The van der Waals surface area contributed by atoms with Crippen molar-refractivity contribution in [2.75, 3.05) is 23.9 Å². The van der Waals surface area contributed by atoms with Gasteiger partial charge in [0, 0.05) is 18.7 Å². The Kier molecular flexibility index (Phi) is 9.55. The first-order chi connectivity index (χ1) is 19.6. The van der Waals surface area contributed by atoms with E-state index in [1.165, 1.54) is 43.5 Å². The number of primary sulfonamides is 1. The SMILES string of the molecule is COC(=O)c1ccc(N2C(=O)CC(SC(=NCCc3ccc(S(N)(=O)=O)cc3)Nc3ccc(CO)cc3)C2=O)cc1. The third-order valence-electron chi connectivity index (χ3n) is 6.20. The number of anilines is 2. The van der Waals surface area contributed by atoms with Crippen LogP contribution in [-0.2, 0) is 37.4 Å². The number of amides is 2. The molecule has 1 saturated heterocycles. The van der Waals surface area contributed by atoms with Crippen molar-refractivity contribution in [3.8, 4) is 0 Å². The monoisotopic (exact) mass is 596 g/mol. The largest absolute Gasteiger partial charge is 0.465 e. The molecule has 1 fully saturated rings. The molecule has 3 aromatic rings. The maximum Gasteiger partial charge on any atom is 0.337 e. The molecule has 1 atom stereocenters. The number of aliphatic hydroxyl groups excluding tert-OH is 1. The number of carbonyl (C=O) groups excluding carboxylic acids is 3. The predicted molar refractivity (Wildman–Crippen MR) is 156 cm³/mol. The number of methoxy groups -OCH3 is 1. The van der Waals surface area contributed by atoms with Gasteiger partial charge < -0.3 is 15.2 Å². The highest BCUT2D eigenvalue weighted by molar-refractivity contribution is 8.15. The number of aliphatic imine (C=N–C) groups is 1. The van der Waals surface area contributed by atoms with Gasteiger partial charge in [0.05, 0.1) is 29.9 Å². The molecule has 1 aliphatic rings. The molecule has 3 aromatic carbocycles. The number of benzene rings is 3. The number of thioether (sulfide) groups is 1. The van der Waals surface area contributed by atoms with Crippen molar-refractivity contribution in [3.63, 3.8) is 0 Å². The van der Waals surface area contributed by atoms with Crippen LogP contribution in [0.4, 0.5) is 11.4 Å². The number of nitrogens with one attached hydrogen (secondary N) is 1. The lowest BCUT2D eigenvalue weighted by molar-refractivity contribution is -0.121. The minimum absolute atomic E-state index is 0.0166. The Morgan fingerprint density at radius 1 is 1.05 bits per heavy atom. The third-order valence-corrected chi connectivity index (χ3v) is 8.24. The highest BCUT2D eigenvalue weighted by Gasteiger charge is 2.41. The fourth-order valence-electron chi connectivity index (χ4n) is 4.02. The van der Waals surface area contributed by atoms with Crippen LogP contribution < -0.4 is 15.4 Å². The Labute approximate surface area is 241 Å². The molecule has 13 heteroatoms. The second-order valence-electron chi connectivity index (χ2n) is 9.02. The first-order valence-electron chi connectivity index (χ1n) is 12.4. The number of amidine groups is 1. The molecule has 1 heterocycles. The van der Waals surface area contributed by atoms with E-state index < -0.39 is 27.1 Å². The van der Waals surface area contributed by atoms with Crippen molar-refractivity contribution >= 4 is 56.1 Å². The summed E-state index contributed by atoms with van der Waals surface area (Å²) in [5, 5.41) is 17.4. The second kappa shape index (κ2) is 13.1. The number of ether oxygens (including phenoxy) is 1. The minimum Gasteiger partial charge on any atom is -0.465 e. The molecule has 4 N–H and O–H groups in total. The maximum absolute atomic E-state index is 13.3. The Hall–Kier alpha value is -4.04. The van der Waals surface area contributed by atoms with Gasteiger partial charge in [-0.2, -0.15) is 0 Å². The number of rotatable bonds is 9. The van der Waals surface area contributed by atoms with Crippen LogP contribution in [0.25, 0.3) is 0 Å². The number of imide groups is 1. The number of aliphatic hydroxyl groups is 1. The first kappa shape index (κ1) is 29.9. The molecule has 0 aliphatic carbocycles. The summed E-state index contributed by atoms with van der Waals surface area (Å²) >= 11 is 1.13. The fourth-order valence-corrected chi connectivity index (χ4v) is 5.58. The van der Waals surface area contributed by atoms with Gasteiger partial charge in [0.15, 0.2) is 5.17 Å². The number of esters is 1. The Morgan fingerprint density at radius 2 is 1.68 bits per heavy atom. The van der Waals surface area contributed by atoms with Gasteiger partial charge in [0.2, 0.25) is 21.8 Å². The van der Waals surface area contributed by atoms with Gasteiger partial charge in [-0.25, -0.2) is 23.3 Å². The van der Waals surface area contributed by atoms with E-state index >= 15 is 0 Å². The van der Waals surface area contributed by atoms with Gasteiger partial charge in [0.25, 0.3) is 0 Å². The molecule has 1 aliphatic heterocycles. The number of hydrogen-bond acceptors (Lipinski definition) is 9. The van der Waals surface area contributed by atoms with E-state index in [9.17, 15) is 27.9 Å². The fraction of sp³-hybridized carbons (Fsp3) is 0.214. The quantitative estimate of drug-likeness (QED) is 0.146. The third kappa shape index (κ3) is 7.58. The van der Waals surface area contributed by atoms with E-state index in [0.717, 1.165) is 27.8 Å². The van der Waals surface area contributed by atoms with Crippen LogP contribution in [0.3, 0.4) is 0 Å². The van der Waals surface area contributed by atoms with Gasteiger partial charge in [-0.05, 0) is 66.1 Å². The van der Waals surface area contributed by atoms with Crippen LogP contribution in [0.15, 0.2) is 82.7 Å². The molecule has 4 rings (SSSR count). The Balaban J connectivity index is 1.50. The number of nitrogens with zero attached hydrogens (tertiary/aromatic N) is 2. The highest BCUT2D eigenvalue weighted by atomic mass is 32.2. The molecule has 0 spiro atoms. The Bertz CT molecular complexity index is 1560. The van der Waals surface area contributed by atoms with Crippen molar-refractivity contribution in [1.82, 2.24) is 0 Å². The predicted octanol–water partition coefficient (Wildman–Crippen LogP) is 2.69. The first-order valence-corrected chi connectivity index (χ1v) is 14.9. The van der Waals surface area contributed by atoms with Crippen LogP contribution in [0, 0.1) is 0 Å². The van der Waals surface area contributed by atoms with Crippen LogP contribution in [0.1, 0.15) is 27.9 Å². The Morgan fingerprint density at radius 3 is 2.27 bits per heavy atom. The number of nitrogens with two attached hydrogens (primary N) is 1. The van der Waals surface area contributed by atoms with Crippen molar-refractivity contribution in [2.45, 2.75) is 29.6 Å². The van der Waals surface area contributed by atoms with Gasteiger partial charge in [-0.3, -0.25) is 14.6 Å². The van der Waals surface area contributed by atoms with Gasteiger partial charge in [-0.1, -0.05) is 36.0 Å². The normalized spacial score (nSPS) is 15.7. The van der Waals surface area contributed by atoms with Crippen molar-refractivity contribution in [2.24, 2.45) is 10.1 Å². The van der Waals surface area contributed by atoms with Crippen LogP contribution >= 0.6 is 11.8 Å². The van der Waals surface area contributed by atoms with E-state index in [4.69, 9.17) is 9.88 Å². The molecular formula is C28H28N4O7S2. The van der Waals surface area contributed by atoms with Crippen molar-refractivity contribution < 1.29 is 32.6 Å². The van der Waals surface area contributed by atoms with Crippen LogP contribution in [0.5, 0.6) is 0 Å². The summed E-state index contributed by atoms with van der Waals surface area (Å²) in [4.78, 5) is 43.6. The molecule has 214 valence electrons. The molecule has 0 aromatic heterocycles. The molecule has 0 saturated carbocycles. The average Bonchev–Trinajstić information content (AvgIpc) is 3.24. The average molecular weight is 597 g/mol. The second-order valence-corrected chi connectivity index (χ2v) is 11.8. The van der Waals surface area contributed by atoms with Crippen molar-refractivity contribution in [1.29, 1.82) is 0 Å². The summed E-state index contributed by atoms with van der Waals surface area (Å²) in [6.07, 6.45) is 0.442. The number of hydrogen-bond donors (Lipinski definition) is 3. The molecule has 1 unspecified atom stereocenters. The summed E-state index contributed by atoms with van der Waals surface area (Å²) in [6.45, 7) is 0.210. The maximum atomic E-state index is 13.3. The molecular weight excluding hydrogens is 568 g/mol. The topological polar surface area (TPSA) is 168 Å². The zero-order valence-electron chi connectivity index (χ0n) is 22.0. The van der Waals surface area contributed by atoms with Crippen molar-refractivity contribution in [3.05, 3.63) is 89.5 Å². The van der Waals surface area contributed by atoms with Gasteiger partial charge in [-0.15, -0.1) is 0 Å². The highest BCUT2D eigenvalue weighted by Crippen LogP contribution is 2.31.